The zero-order valence-corrected chi connectivity index (χ0v) is 15.1. The van der Waals surface area contributed by atoms with Crippen LogP contribution in [0, 0.1) is 6.92 Å². The van der Waals surface area contributed by atoms with Crippen molar-refractivity contribution < 1.29 is 4.74 Å². The van der Waals surface area contributed by atoms with Crippen LogP contribution in [0.4, 0.5) is 0 Å². The number of hydrogen-bond acceptors (Lipinski definition) is 4. The summed E-state index contributed by atoms with van der Waals surface area (Å²) in [5.41, 5.74) is 2.38. The summed E-state index contributed by atoms with van der Waals surface area (Å²) in [5, 5.41) is 9.83. The predicted molar refractivity (Wildman–Crippen MR) is 101 cm³/mol. The number of benzene rings is 2. The van der Waals surface area contributed by atoms with E-state index in [0.29, 0.717) is 12.5 Å². The van der Waals surface area contributed by atoms with Gasteiger partial charge in [-0.05, 0) is 44.0 Å². The SMILES string of the molecule is Cc1ccc(OCCSc2nnc(C3CC3)n2-c2ccccc2)cc1. The van der Waals surface area contributed by atoms with Crippen molar-refractivity contribution in [3.63, 3.8) is 0 Å². The normalized spacial score (nSPS) is 13.8. The van der Waals surface area contributed by atoms with Crippen LogP contribution in [0.5, 0.6) is 5.75 Å². The third kappa shape index (κ3) is 3.87. The largest absolute Gasteiger partial charge is 0.493 e. The lowest BCUT2D eigenvalue weighted by molar-refractivity contribution is 0.344. The van der Waals surface area contributed by atoms with Crippen molar-refractivity contribution in [2.45, 2.75) is 30.8 Å². The fourth-order valence-electron chi connectivity index (χ4n) is 2.73. The first-order valence-electron chi connectivity index (χ1n) is 8.64. The van der Waals surface area contributed by atoms with Crippen molar-refractivity contribution in [1.29, 1.82) is 0 Å². The lowest BCUT2D eigenvalue weighted by Gasteiger charge is -2.10. The molecule has 0 atom stereocenters. The molecule has 0 aliphatic heterocycles. The van der Waals surface area contributed by atoms with Gasteiger partial charge in [-0.15, -0.1) is 10.2 Å². The Morgan fingerprint density at radius 2 is 1.80 bits per heavy atom. The molecule has 0 N–H and O–H groups in total. The van der Waals surface area contributed by atoms with E-state index in [0.717, 1.165) is 28.2 Å². The molecule has 0 radical (unpaired) electrons. The second-order valence-electron chi connectivity index (χ2n) is 6.30. The third-order valence-electron chi connectivity index (χ3n) is 4.22. The molecule has 25 heavy (non-hydrogen) atoms. The third-order valence-corrected chi connectivity index (χ3v) is 5.11. The van der Waals surface area contributed by atoms with Crippen LogP contribution in [-0.4, -0.2) is 27.1 Å². The standard InChI is InChI=1S/C20H21N3OS/c1-15-7-11-18(12-8-15)24-13-14-25-20-22-21-19(16-9-10-16)23(20)17-5-3-2-4-6-17/h2-8,11-12,16H,9-10,13-14H2,1H3. The van der Waals surface area contributed by atoms with Gasteiger partial charge in [0.2, 0.25) is 0 Å². The van der Waals surface area contributed by atoms with E-state index in [1.807, 2.05) is 18.2 Å². The molecule has 0 saturated heterocycles. The van der Waals surface area contributed by atoms with Crippen molar-refractivity contribution in [2.75, 3.05) is 12.4 Å². The van der Waals surface area contributed by atoms with E-state index < -0.39 is 0 Å². The topological polar surface area (TPSA) is 39.9 Å². The minimum Gasteiger partial charge on any atom is -0.493 e. The van der Waals surface area contributed by atoms with Crippen molar-refractivity contribution in [3.05, 3.63) is 66.0 Å². The minimum absolute atomic E-state index is 0.561. The molecule has 1 saturated carbocycles. The van der Waals surface area contributed by atoms with Crippen molar-refractivity contribution in [2.24, 2.45) is 0 Å². The molecule has 2 aromatic carbocycles. The van der Waals surface area contributed by atoms with Crippen LogP contribution in [0.15, 0.2) is 59.8 Å². The Morgan fingerprint density at radius 3 is 2.52 bits per heavy atom. The lowest BCUT2D eigenvalue weighted by atomic mass is 10.2. The van der Waals surface area contributed by atoms with E-state index >= 15 is 0 Å². The number of aromatic nitrogens is 3. The van der Waals surface area contributed by atoms with E-state index in [-0.39, 0.29) is 0 Å². The summed E-state index contributed by atoms with van der Waals surface area (Å²) in [5.74, 6) is 3.40. The Labute approximate surface area is 152 Å². The summed E-state index contributed by atoms with van der Waals surface area (Å²) < 4.78 is 8.02. The van der Waals surface area contributed by atoms with Crippen LogP contribution in [0.2, 0.25) is 0 Å². The average molecular weight is 351 g/mol. The Balaban J connectivity index is 1.43. The van der Waals surface area contributed by atoms with Gasteiger partial charge < -0.3 is 4.74 Å². The molecule has 1 fully saturated rings. The molecular weight excluding hydrogens is 330 g/mol. The Kier molecular flexibility index (Phi) is 4.74. The second-order valence-corrected chi connectivity index (χ2v) is 7.36. The average Bonchev–Trinajstić information content (AvgIpc) is 3.41. The second kappa shape index (κ2) is 7.31. The lowest BCUT2D eigenvalue weighted by Crippen LogP contribution is -2.04. The minimum atomic E-state index is 0.561. The summed E-state index contributed by atoms with van der Waals surface area (Å²) in [6, 6.07) is 18.5. The molecule has 0 bridgehead atoms. The fourth-order valence-corrected chi connectivity index (χ4v) is 3.50. The Bertz CT molecular complexity index is 826. The Morgan fingerprint density at radius 1 is 1.04 bits per heavy atom. The number of nitrogens with zero attached hydrogens (tertiary/aromatic N) is 3. The number of ether oxygens (including phenoxy) is 1. The maximum atomic E-state index is 5.82. The number of aryl methyl sites for hydroxylation is 1. The first kappa shape index (κ1) is 16.2. The summed E-state index contributed by atoms with van der Waals surface area (Å²) in [6.07, 6.45) is 2.43. The van der Waals surface area contributed by atoms with E-state index in [1.165, 1.54) is 18.4 Å². The van der Waals surface area contributed by atoms with Gasteiger partial charge in [-0.2, -0.15) is 0 Å². The monoisotopic (exact) mass is 351 g/mol. The highest BCUT2D eigenvalue weighted by atomic mass is 32.2. The smallest absolute Gasteiger partial charge is 0.195 e. The van der Waals surface area contributed by atoms with Gasteiger partial charge in [0.15, 0.2) is 5.16 Å². The quantitative estimate of drug-likeness (QED) is 0.460. The van der Waals surface area contributed by atoms with Gasteiger partial charge in [0.1, 0.15) is 11.6 Å². The molecule has 1 aromatic heterocycles. The van der Waals surface area contributed by atoms with Crippen LogP contribution < -0.4 is 4.74 Å². The number of thioether (sulfide) groups is 1. The van der Waals surface area contributed by atoms with Crippen molar-refractivity contribution >= 4 is 11.8 Å². The number of para-hydroxylation sites is 1. The van der Waals surface area contributed by atoms with Crippen LogP contribution in [0.3, 0.4) is 0 Å². The van der Waals surface area contributed by atoms with Gasteiger partial charge in [0.25, 0.3) is 0 Å². The molecule has 4 rings (SSSR count). The van der Waals surface area contributed by atoms with Gasteiger partial charge in [0, 0.05) is 17.4 Å². The van der Waals surface area contributed by atoms with Gasteiger partial charge in [0.05, 0.1) is 6.61 Å². The first-order valence-corrected chi connectivity index (χ1v) is 9.63. The van der Waals surface area contributed by atoms with E-state index in [9.17, 15) is 0 Å². The molecule has 1 aliphatic rings. The summed E-state index contributed by atoms with van der Waals surface area (Å²) in [7, 11) is 0. The summed E-state index contributed by atoms with van der Waals surface area (Å²) in [6.45, 7) is 2.72. The predicted octanol–water partition coefficient (Wildman–Crippen LogP) is 4.62. The van der Waals surface area contributed by atoms with E-state index in [1.54, 1.807) is 11.8 Å². The number of rotatable bonds is 7. The van der Waals surface area contributed by atoms with E-state index in [4.69, 9.17) is 4.74 Å². The molecule has 3 aromatic rings. The highest BCUT2D eigenvalue weighted by Crippen LogP contribution is 2.41. The van der Waals surface area contributed by atoms with E-state index in [2.05, 4.69) is 58.1 Å². The molecule has 1 heterocycles. The van der Waals surface area contributed by atoms with Crippen LogP contribution in [0.1, 0.15) is 30.1 Å². The first-order chi connectivity index (χ1) is 12.3. The van der Waals surface area contributed by atoms with Crippen LogP contribution in [-0.2, 0) is 0 Å². The van der Waals surface area contributed by atoms with Gasteiger partial charge in [-0.3, -0.25) is 4.57 Å². The zero-order chi connectivity index (χ0) is 17.1. The maximum absolute atomic E-state index is 5.82. The maximum Gasteiger partial charge on any atom is 0.195 e. The highest BCUT2D eigenvalue weighted by molar-refractivity contribution is 7.99. The summed E-state index contributed by atoms with van der Waals surface area (Å²) in [4.78, 5) is 0. The highest BCUT2D eigenvalue weighted by Gasteiger charge is 2.30. The summed E-state index contributed by atoms with van der Waals surface area (Å²) >= 11 is 1.69. The molecule has 0 amide bonds. The van der Waals surface area contributed by atoms with Crippen LogP contribution in [0.25, 0.3) is 5.69 Å². The van der Waals surface area contributed by atoms with Crippen molar-refractivity contribution in [3.8, 4) is 11.4 Å². The van der Waals surface area contributed by atoms with Gasteiger partial charge in [-0.1, -0.05) is 47.7 Å². The molecule has 128 valence electrons. The van der Waals surface area contributed by atoms with Crippen LogP contribution >= 0.6 is 11.8 Å². The molecule has 4 nitrogen and oxygen atoms in total. The molecule has 1 aliphatic carbocycles. The zero-order valence-electron chi connectivity index (χ0n) is 14.3. The van der Waals surface area contributed by atoms with Crippen molar-refractivity contribution in [1.82, 2.24) is 14.8 Å². The molecular formula is C20H21N3OS. The Hall–Kier alpha value is -2.27. The fraction of sp³-hybridized carbons (Fsp3) is 0.300. The number of hydrogen-bond donors (Lipinski definition) is 0. The molecule has 5 heteroatoms. The molecule has 0 spiro atoms. The van der Waals surface area contributed by atoms with Gasteiger partial charge >= 0.3 is 0 Å². The van der Waals surface area contributed by atoms with Gasteiger partial charge in [-0.25, -0.2) is 0 Å². The molecule has 0 unspecified atom stereocenters.